The largest absolute Gasteiger partial charge is 0.478 e. The van der Waals surface area contributed by atoms with Gasteiger partial charge >= 0.3 is 5.97 Å². The van der Waals surface area contributed by atoms with Gasteiger partial charge in [-0.2, -0.15) is 0 Å². The summed E-state index contributed by atoms with van der Waals surface area (Å²) in [6.07, 6.45) is -0.823. The van der Waals surface area contributed by atoms with Gasteiger partial charge in [0.05, 0.1) is 10.4 Å². The molecule has 1 aromatic heterocycles. The van der Waals surface area contributed by atoms with Crippen molar-refractivity contribution in [3.63, 3.8) is 0 Å². The van der Waals surface area contributed by atoms with Gasteiger partial charge < -0.3 is 14.4 Å². The predicted octanol–water partition coefficient (Wildman–Crippen LogP) is 3.68. The molecule has 0 amide bonds. The normalized spacial score (nSPS) is 16.3. The standard InChI is InChI=1S/C16H9ClFNO4/c17-11-5-9-13(10-6-12(16(20)21)22-15(10)11)19-23-14(9)7-1-3-8(18)4-2-7/h1-5,12H,6H2,(H,20,21). The van der Waals surface area contributed by atoms with Crippen molar-refractivity contribution in [2.24, 2.45) is 0 Å². The Kier molecular flexibility index (Phi) is 3.02. The molecule has 0 saturated heterocycles. The van der Waals surface area contributed by atoms with Crippen LogP contribution in [0, 0.1) is 5.82 Å². The molecule has 0 aliphatic carbocycles. The molecule has 1 aliphatic heterocycles. The Bertz CT molecular complexity index is 935. The molecule has 116 valence electrons. The third-order valence-corrected chi connectivity index (χ3v) is 4.09. The van der Waals surface area contributed by atoms with Crippen LogP contribution in [0.25, 0.3) is 22.2 Å². The Morgan fingerprint density at radius 2 is 2.09 bits per heavy atom. The quantitative estimate of drug-likeness (QED) is 0.774. The van der Waals surface area contributed by atoms with E-state index in [1.165, 1.54) is 12.1 Å². The molecule has 0 spiro atoms. The summed E-state index contributed by atoms with van der Waals surface area (Å²) in [5, 5.41) is 14.1. The second kappa shape index (κ2) is 4.96. The minimum Gasteiger partial charge on any atom is -0.478 e. The maximum atomic E-state index is 13.1. The molecule has 4 rings (SSSR count). The van der Waals surface area contributed by atoms with Crippen LogP contribution in [0.2, 0.25) is 5.02 Å². The lowest BCUT2D eigenvalue weighted by molar-refractivity contribution is -0.144. The number of fused-ring (bicyclic) bond motifs is 3. The minimum atomic E-state index is -1.06. The molecule has 0 saturated carbocycles. The van der Waals surface area contributed by atoms with Gasteiger partial charge in [0.1, 0.15) is 17.1 Å². The van der Waals surface area contributed by atoms with Crippen molar-refractivity contribution in [3.8, 4) is 17.1 Å². The highest BCUT2D eigenvalue weighted by molar-refractivity contribution is 6.33. The number of aliphatic carboxylic acids is 1. The lowest BCUT2D eigenvalue weighted by Crippen LogP contribution is -2.24. The zero-order valence-electron chi connectivity index (χ0n) is 11.5. The van der Waals surface area contributed by atoms with Crippen LogP contribution in [-0.4, -0.2) is 22.3 Å². The lowest BCUT2D eigenvalue weighted by Gasteiger charge is -2.05. The molecule has 1 unspecified atom stereocenters. The fraction of sp³-hybridized carbons (Fsp3) is 0.125. The van der Waals surface area contributed by atoms with E-state index in [0.717, 1.165) is 0 Å². The van der Waals surface area contributed by atoms with Crippen molar-refractivity contribution < 1.29 is 23.6 Å². The number of ether oxygens (including phenoxy) is 1. The fourth-order valence-electron chi connectivity index (χ4n) is 2.73. The van der Waals surface area contributed by atoms with Crippen molar-refractivity contribution in [1.29, 1.82) is 0 Å². The first-order valence-corrected chi connectivity index (χ1v) is 7.18. The Hall–Kier alpha value is -2.60. The zero-order chi connectivity index (χ0) is 16.1. The van der Waals surface area contributed by atoms with E-state index in [1.807, 2.05) is 0 Å². The molecule has 3 aromatic rings. The van der Waals surface area contributed by atoms with E-state index in [-0.39, 0.29) is 12.2 Å². The number of carboxylic acid groups (broad SMARTS) is 1. The van der Waals surface area contributed by atoms with Crippen LogP contribution in [0.5, 0.6) is 5.75 Å². The van der Waals surface area contributed by atoms with Crippen LogP contribution in [0.1, 0.15) is 5.56 Å². The van der Waals surface area contributed by atoms with Gasteiger partial charge in [-0.25, -0.2) is 9.18 Å². The molecule has 7 heteroatoms. The number of carboxylic acids is 1. The Morgan fingerprint density at radius 1 is 1.35 bits per heavy atom. The smallest absolute Gasteiger partial charge is 0.345 e. The molecule has 23 heavy (non-hydrogen) atoms. The number of nitrogens with zero attached hydrogens (tertiary/aromatic N) is 1. The summed E-state index contributed by atoms with van der Waals surface area (Å²) in [6.45, 7) is 0. The van der Waals surface area contributed by atoms with Crippen molar-refractivity contribution in [2.45, 2.75) is 12.5 Å². The summed E-state index contributed by atoms with van der Waals surface area (Å²) in [7, 11) is 0. The molecule has 2 aromatic carbocycles. The first-order chi connectivity index (χ1) is 11.0. The number of halogens is 2. The Balaban J connectivity index is 1.89. The number of hydrogen-bond donors (Lipinski definition) is 1. The van der Waals surface area contributed by atoms with Gasteiger partial charge in [-0.05, 0) is 30.3 Å². The molecule has 1 N–H and O–H groups in total. The first kappa shape index (κ1) is 14.0. The average Bonchev–Trinajstić information content (AvgIpc) is 3.12. The van der Waals surface area contributed by atoms with E-state index < -0.39 is 12.1 Å². The summed E-state index contributed by atoms with van der Waals surface area (Å²) in [5.41, 5.74) is 1.77. The molecule has 0 bridgehead atoms. The van der Waals surface area contributed by atoms with Gasteiger partial charge in [0, 0.05) is 17.5 Å². The van der Waals surface area contributed by atoms with E-state index in [4.69, 9.17) is 26.0 Å². The highest BCUT2D eigenvalue weighted by Gasteiger charge is 2.34. The topological polar surface area (TPSA) is 72.6 Å². The van der Waals surface area contributed by atoms with Crippen LogP contribution in [0.3, 0.4) is 0 Å². The summed E-state index contributed by atoms with van der Waals surface area (Å²) < 4.78 is 23.8. The Labute approximate surface area is 134 Å². The SMILES string of the molecule is O=C(O)C1Cc2c(c(Cl)cc3c(-c4ccc(F)cc4)onc23)O1. The van der Waals surface area contributed by atoms with Crippen LogP contribution in [-0.2, 0) is 11.2 Å². The number of carbonyl (C=O) groups is 1. The number of aromatic nitrogens is 1. The van der Waals surface area contributed by atoms with Gasteiger partial charge in [0.25, 0.3) is 0 Å². The maximum Gasteiger partial charge on any atom is 0.345 e. The third kappa shape index (κ3) is 2.14. The first-order valence-electron chi connectivity index (χ1n) is 6.81. The minimum absolute atomic E-state index is 0.164. The monoisotopic (exact) mass is 333 g/mol. The van der Waals surface area contributed by atoms with Crippen molar-refractivity contribution >= 4 is 28.5 Å². The van der Waals surface area contributed by atoms with E-state index in [2.05, 4.69) is 5.16 Å². The van der Waals surface area contributed by atoms with Crippen LogP contribution < -0.4 is 4.74 Å². The van der Waals surface area contributed by atoms with Gasteiger partial charge in [-0.15, -0.1) is 0 Å². The Morgan fingerprint density at radius 3 is 2.78 bits per heavy atom. The van der Waals surface area contributed by atoms with Gasteiger partial charge in [0.15, 0.2) is 11.9 Å². The third-order valence-electron chi connectivity index (χ3n) is 3.81. The van der Waals surface area contributed by atoms with E-state index >= 15 is 0 Å². The highest BCUT2D eigenvalue weighted by Crippen LogP contribution is 2.43. The summed E-state index contributed by atoms with van der Waals surface area (Å²) in [5.74, 6) is -0.643. The van der Waals surface area contributed by atoms with E-state index in [1.54, 1.807) is 18.2 Å². The van der Waals surface area contributed by atoms with Gasteiger partial charge in [-0.1, -0.05) is 16.8 Å². The van der Waals surface area contributed by atoms with Gasteiger partial charge in [0.2, 0.25) is 0 Å². The lowest BCUT2D eigenvalue weighted by atomic mass is 10.0. The van der Waals surface area contributed by atoms with Gasteiger partial charge in [-0.3, -0.25) is 0 Å². The van der Waals surface area contributed by atoms with Crippen LogP contribution >= 0.6 is 11.6 Å². The van der Waals surface area contributed by atoms with Crippen molar-refractivity contribution in [3.05, 3.63) is 46.7 Å². The molecule has 2 heterocycles. The number of benzene rings is 2. The van der Waals surface area contributed by atoms with Crippen LogP contribution in [0.15, 0.2) is 34.9 Å². The second-order valence-electron chi connectivity index (χ2n) is 5.23. The van der Waals surface area contributed by atoms with E-state index in [9.17, 15) is 9.18 Å². The molecule has 5 nitrogen and oxygen atoms in total. The van der Waals surface area contributed by atoms with Crippen molar-refractivity contribution in [1.82, 2.24) is 5.16 Å². The van der Waals surface area contributed by atoms with E-state index in [0.29, 0.717) is 38.6 Å². The average molecular weight is 334 g/mol. The summed E-state index contributed by atoms with van der Waals surface area (Å²) in [4.78, 5) is 11.1. The zero-order valence-corrected chi connectivity index (χ0v) is 12.3. The summed E-state index contributed by atoms with van der Waals surface area (Å²) >= 11 is 6.21. The number of hydrogen-bond acceptors (Lipinski definition) is 4. The van der Waals surface area contributed by atoms with Crippen molar-refractivity contribution in [2.75, 3.05) is 0 Å². The molecule has 0 fully saturated rings. The highest BCUT2D eigenvalue weighted by atomic mass is 35.5. The molecule has 1 atom stereocenters. The molecule has 0 radical (unpaired) electrons. The molecular weight excluding hydrogens is 325 g/mol. The fourth-order valence-corrected chi connectivity index (χ4v) is 2.99. The predicted molar refractivity (Wildman–Crippen MR) is 80.2 cm³/mol. The number of rotatable bonds is 2. The second-order valence-corrected chi connectivity index (χ2v) is 5.64. The molecular formula is C16H9ClFNO4. The maximum absolute atomic E-state index is 13.1. The molecule has 1 aliphatic rings. The van der Waals surface area contributed by atoms with Crippen LogP contribution in [0.4, 0.5) is 4.39 Å². The summed E-state index contributed by atoms with van der Waals surface area (Å²) in [6, 6.07) is 7.42.